The molecule has 2 aromatic carbocycles. The maximum absolute atomic E-state index is 13.2. The lowest BCUT2D eigenvalue weighted by Crippen LogP contribution is -2.40. The summed E-state index contributed by atoms with van der Waals surface area (Å²) in [6, 6.07) is 16.5. The Balaban J connectivity index is 1.23. The number of fused-ring (bicyclic) bond motifs is 1. The number of benzene rings is 2. The zero-order chi connectivity index (χ0) is 24.0. The van der Waals surface area contributed by atoms with Gasteiger partial charge in [-0.05, 0) is 49.4 Å². The minimum absolute atomic E-state index is 0.0430. The van der Waals surface area contributed by atoms with Gasteiger partial charge in [-0.25, -0.2) is 0 Å². The fraction of sp³-hybridized carbons (Fsp3) is 0.448. The van der Waals surface area contributed by atoms with Gasteiger partial charge in [0.25, 0.3) is 11.8 Å². The standard InChI is InChI=1S/C29H35N3O3/c33-28(30-24-11-2-1-3-12-24)23-10-6-8-22(20-23)9-7-15-32-21-26(25-13-4-5-14-27(25)32)29(34)31-16-18-35-19-17-31/h4-6,8,10,13-14,20-21,24H,1-3,7,9,11-12,15-19H2,(H,30,33). The Morgan fingerprint density at radius 1 is 0.971 bits per heavy atom. The molecule has 1 aliphatic carbocycles. The summed E-state index contributed by atoms with van der Waals surface area (Å²) in [4.78, 5) is 27.8. The van der Waals surface area contributed by atoms with E-state index in [1.165, 1.54) is 24.8 Å². The van der Waals surface area contributed by atoms with Crippen LogP contribution >= 0.6 is 0 Å². The van der Waals surface area contributed by atoms with Crippen LogP contribution in [0.15, 0.2) is 54.7 Å². The highest BCUT2D eigenvalue weighted by Crippen LogP contribution is 2.24. The Morgan fingerprint density at radius 3 is 2.60 bits per heavy atom. The van der Waals surface area contributed by atoms with Gasteiger partial charge in [-0.1, -0.05) is 49.6 Å². The number of aryl methyl sites for hydroxylation is 2. The molecule has 5 rings (SSSR count). The van der Waals surface area contributed by atoms with E-state index in [1.54, 1.807) is 0 Å². The van der Waals surface area contributed by atoms with Crippen LogP contribution in [0.1, 0.15) is 64.8 Å². The van der Waals surface area contributed by atoms with E-state index >= 15 is 0 Å². The second-order valence-electron chi connectivity index (χ2n) is 9.77. The first-order valence-corrected chi connectivity index (χ1v) is 13.0. The van der Waals surface area contributed by atoms with Gasteiger partial charge in [-0.2, -0.15) is 0 Å². The van der Waals surface area contributed by atoms with Crippen molar-refractivity contribution in [1.82, 2.24) is 14.8 Å². The number of nitrogens with one attached hydrogen (secondary N) is 1. The van der Waals surface area contributed by atoms with Crippen molar-refractivity contribution in [2.24, 2.45) is 0 Å². The van der Waals surface area contributed by atoms with E-state index in [-0.39, 0.29) is 11.8 Å². The van der Waals surface area contributed by atoms with Crippen molar-refractivity contribution in [1.29, 1.82) is 0 Å². The summed E-state index contributed by atoms with van der Waals surface area (Å²) in [7, 11) is 0. The van der Waals surface area contributed by atoms with Crippen LogP contribution < -0.4 is 5.32 Å². The normalized spacial score (nSPS) is 17.0. The van der Waals surface area contributed by atoms with E-state index in [4.69, 9.17) is 4.74 Å². The van der Waals surface area contributed by atoms with Crippen molar-refractivity contribution in [3.63, 3.8) is 0 Å². The molecule has 184 valence electrons. The molecule has 2 aliphatic rings. The summed E-state index contributed by atoms with van der Waals surface area (Å²) < 4.78 is 7.61. The van der Waals surface area contributed by atoms with Crippen molar-refractivity contribution in [3.05, 3.63) is 71.4 Å². The molecule has 1 N–H and O–H groups in total. The quantitative estimate of drug-likeness (QED) is 0.536. The fourth-order valence-corrected chi connectivity index (χ4v) is 5.38. The molecule has 6 heteroatoms. The number of para-hydroxylation sites is 1. The number of carbonyl (C=O) groups is 2. The van der Waals surface area contributed by atoms with Crippen molar-refractivity contribution < 1.29 is 14.3 Å². The van der Waals surface area contributed by atoms with Gasteiger partial charge in [-0.15, -0.1) is 0 Å². The molecule has 0 spiro atoms. The predicted octanol–water partition coefficient (Wildman–Crippen LogP) is 4.81. The van der Waals surface area contributed by atoms with Crippen LogP contribution in [0, 0.1) is 0 Å². The molecule has 0 radical (unpaired) electrons. The molecule has 2 fully saturated rings. The molecule has 35 heavy (non-hydrogen) atoms. The fourth-order valence-electron chi connectivity index (χ4n) is 5.38. The first-order chi connectivity index (χ1) is 17.2. The number of ether oxygens (including phenoxy) is 1. The first kappa shape index (κ1) is 23.6. The molecule has 2 amide bonds. The number of rotatable bonds is 7. The van der Waals surface area contributed by atoms with Crippen LogP contribution in [0.4, 0.5) is 0 Å². The average molecular weight is 474 g/mol. The molecule has 1 saturated carbocycles. The maximum atomic E-state index is 13.2. The molecule has 1 aliphatic heterocycles. The van der Waals surface area contributed by atoms with E-state index in [1.807, 2.05) is 47.5 Å². The van der Waals surface area contributed by atoms with Crippen LogP contribution in [0.25, 0.3) is 10.9 Å². The van der Waals surface area contributed by atoms with Crippen molar-refractivity contribution in [3.8, 4) is 0 Å². The van der Waals surface area contributed by atoms with Crippen LogP contribution in [0.2, 0.25) is 0 Å². The van der Waals surface area contributed by atoms with Crippen LogP contribution in [0.5, 0.6) is 0 Å². The Morgan fingerprint density at radius 2 is 1.77 bits per heavy atom. The monoisotopic (exact) mass is 473 g/mol. The summed E-state index contributed by atoms with van der Waals surface area (Å²) in [6.45, 7) is 3.30. The van der Waals surface area contributed by atoms with Crippen LogP contribution in [-0.2, 0) is 17.7 Å². The smallest absolute Gasteiger partial charge is 0.256 e. The molecule has 6 nitrogen and oxygen atoms in total. The van der Waals surface area contributed by atoms with Gasteiger partial charge in [0.1, 0.15) is 0 Å². The number of amides is 2. The third-order valence-corrected chi connectivity index (χ3v) is 7.31. The lowest BCUT2D eigenvalue weighted by Gasteiger charge is -2.26. The lowest BCUT2D eigenvalue weighted by molar-refractivity contribution is 0.0304. The summed E-state index contributed by atoms with van der Waals surface area (Å²) in [6.07, 6.45) is 9.69. The van der Waals surface area contributed by atoms with Crippen molar-refractivity contribution >= 4 is 22.7 Å². The number of hydrogen-bond acceptors (Lipinski definition) is 3. The summed E-state index contributed by atoms with van der Waals surface area (Å²) in [5.41, 5.74) is 3.77. The van der Waals surface area contributed by atoms with Gasteiger partial charge in [-0.3, -0.25) is 9.59 Å². The van der Waals surface area contributed by atoms with Crippen LogP contribution in [0.3, 0.4) is 0 Å². The molecular weight excluding hydrogens is 438 g/mol. The van der Waals surface area contributed by atoms with Crippen molar-refractivity contribution in [2.75, 3.05) is 26.3 Å². The number of nitrogens with zero attached hydrogens (tertiary/aromatic N) is 2. The van der Waals surface area contributed by atoms with E-state index in [2.05, 4.69) is 22.0 Å². The molecule has 1 aromatic heterocycles. The van der Waals surface area contributed by atoms with Crippen molar-refractivity contribution in [2.45, 2.75) is 57.5 Å². The zero-order valence-corrected chi connectivity index (χ0v) is 20.4. The second kappa shape index (κ2) is 11.1. The summed E-state index contributed by atoms with van der Waals surface area (Å²) in [5, 5.41) is 4.22. The zero-order valence-electron chi connectivity index (χ0n) is 20.4. The largest absolute Gasteiger partial charge is 0.378 e. The van der Waals surface area contributed by atoms with E-state index < -0.39 is 0 Å². The van der Waals surface area contributed by atoms with Gasteiger partial charge < -0.3 is 19.5 Å². The molecular formula is C29H35N3O3. The third-order valence-electron chi connectivity index (χ3n) is 7.31. The maximum Gasteiger partial charge on any atom is 0.256 e. The second-order valence-corrected chi connectivity index (χ2v) is 9.77. The minimum Gasteiger partial charge on any atom is -0.378 e. The highest BCUT2D eigenvalue weighted by atomic mass is 16.5. The number of hydrogen-bond donors (Lipinski definition) is 1. The average Bonchev–Trinajstić information content (AvgIpc) is 3.28. The Hall–Kier alpha value is -3.12. The molecule has 0 atom stereocenters. The molecule has 0 bridgehead atoms. The molecule has 3 aromatic rings. The molecule has 2 heterocycles. The number of morpholine rings is 1. The van der Waals surface area contributed by atoms with Gasteiger partial charge in [0.05, 0.1) is 18.8 Å². The molecule has 1 saturated heterocycles. The van der Waals surface area contributed by atoms with Gasteiger partial charge in [0.15, 0.2) is 0 Å². The lowest BCUT2D eigenvalue weighted by atomic mass is 9.95. The summed E-state index contributed by atoms with van der Waals surface area (Å²) in [5.74, 6) is 0.126. The Kier molecular flexibility index (Phi) is 7.48. The third kappa shape index (κ3) is 5.59. The number of carbonyl (C=O) groups excluding carboxylic acids is 2. The van der Waals surface area contributed by atoms with E-state index in [0.717, 1.165) is 54.3 Å². The Labute approximate surface area is 207 Å². The molecule has 0 unspecified atom stereocenters. The van der Waals surface area contributed by atoms with Gasteiger partial charge in [0, 0.05) is 48.3 Å². The van der Waals surface area contributed by atoms with Gasteiger partial charge >= 0.3 is 0 Å². The van der Waals surface area contributed by atoms with Crippen LogP contribution in [-0.4, -0.2) is 53.6 Å². The van der Waals surface area contributed by atoms with E-state index in [9.17, 15) is 9.59 Å². The minimum atomic E-state index is 0.0430. The first-order valence-electron chi connectivity index (χ1n) is 13.0. The number of aromatic nitrogens is 1. The topological polar surface area (TPSA) is 63.6 Å². The highest BCUT2D eigenvalue weighted by Gasteiger charge is 2.22. The SMILES string of the molecule is O=C(NC1CCCCC1)c1cccc(CCCn2cc(C(=O)N3CCOCC3)c3ccccc32)c1. The van der Waals surface area contributed by atoms with E-state index in [0.29, 0.717) is 32.3 Å². The highest BCUT2D eigenvalue weighted by molar-refractivity contribution is 6.07. The van der Waals surface area contributed by atoms with Gasteiger partial charge in [0.2, 0.25) is 0 Å². The predicted molar refractivity (Wildman–Crippen MR) is 138 cm³/mol. The summed E-state index contributed by atoms with van der Waals surface area (Å²) >= 11 is 0. The Bertz CT molecular complexity index is 1170.